The summed E-state index contributed by atoms with van der Waals surface area (Å²) in [7, 11) is 2.74. The molecule has 0 radical (unpaired) electrons. The lowest BCUT2D eigenvalue weighted by molar-refractivity contribution is 0.164. The number of carbonyl (C=O) groups excluding carboxylic acids is 1. The Morgan fingerprint density at radius 1 is 1.53 bits per heavy atom. The van der Waals surface area contributed by atoms with E-state index in [1.54, 1.807) is 0 Å². The minimum absolute atomic E-state index is 0.320. The number of hydrogen-bond acceptors (Lipinski definition) is 4. The van der Waals surface area contributed by atoms with Crippen molar-refractivity contribution in [1.29, 1.82) is 0 Å². The Hall–Kier alpha value is -1.85. The Kier molecular flexibility index (Phi) is 2.87. The Bertz CT molecular complexity index is 446. The van der Waals surface area contributed by atoms with Crippen molar-refractivity contribution in [3.63, 3.8) is 0 Å². The first kappa shape index (κ1) is 11.6. The summed E-state index contributed by atoms with van der Waals surface area (Å²) in [6.45, 7) is 0. The van der Waals surface area contributed by atoms with Gasteiger partial charge < -0.3 is 14.8 Å². The van der Waals surface area contributed by atoms with Crippen LogP contribution in [0.4, 0.5) is 9.18 Å². The van der Waals surface area contributed by atoms with Crippen LogP contribution >= 0.6 is 0 Å². The highest BCUT2D eigenvalue weighted by molar-refractivity contribution is 5.69. The van der Waals surface area contributed by atoms with Gasteiger partial charge in [-0.3, -0.25) is 0 Å². The van der Waals surface area contributed by atoms with Crippen molar-refractivity contribution in [3.8, 4) is 5.88 Å². The standard InChI is InChI=1S/C11H13FN2O3/c1-16-9-8(5-7(12)6-13-9)11(3-4-11)14-10(15)17-2/h5-6H,3-4H2,1-2H3,(H,14,15). The molecule has 92 valence electrons. The van der Waals surface area contributed by atoms with E-state index in [1.165, 1.54) is 20.3 Å². The summed E-state index contributed by atoms with van der Waals surface area (Å²) in [5.41, 5.74) is -0.0570. The van der Waals surface area contributed by atoms with E-state index in [0.717, 1.165) is 6.20 Å². The summed E-state index contributed by atoms with van der Waals surface area (Å²) in [5.74, 6) is -0.140. The van der Waals surface area contributed by atoms with Crippen molar-refractivity contribution in [2.45, 2.75) is 18.4 Å². The molecule has 1 fully saturated rings. The number of nitrogens with one attached hydrogen (secondary N) is 1. The largest absolute Gasteiger partial charge is 0.481 e. The molecular weight excluding hydrogens is 227 g/mol. The fraction of sp³-hybridized carbons (Fsp3) is 0.455. The molecule has 0 saturated heterocycles. The van der Waals surface area contributed by atoms with E-state index >= 15 is 0 Å². The first-order valence-electron chi connectivity index (χ1n) is 5.17. The zero-order chi connectivity index (χ0) is 12.5. The van der Waals surface area contributed by atoms with Gasteiger partial charge in [0.2, 0.25) is 5.88 Å². The van der Waals surface area contributed by atoms with E-state index in [-0.39, 0.29) is 0 Å². The average Bonchev–Trinajstić information content (AvgIpc) is 3.10. The van der Waals surface area contributed by atoms with Crippen LogP contribution in [-0.2, 0) is 10.3 Å². The van der Waals surface area contributed by atoms with Crippen LogP contribution in [0.5, 0.6) is 5.88 Å². The predicted molar refractivity (Wildman–Crippen MR) is 57.2 cm³/mol. The molecule has 0 spiro atoms. The number of methoxy groups -OCH3 is 2. The van der Waals surface area contributed by atoms with Gasteiger partial charge in [0.05, 0.1) is 26.0 Å². The van der Waals surface area contributed by atoms with Gasteiger partial charge in [0.25, 0.3) is 0 Å². The third kappa shape index (κ3) is 2.15. The maximum atomic E-state index is 13.2. The Labute approximate surface area is 97.9 Å². The highest BCUT2D eigenvalue weighted by Crippen LogP contribution is 2.48. The topological polar surface area (TPSA) is 60.5 Å². The van der Waals surface area contributed by atoms with Crippen molar-refractivity contribution < 1.29 is 18.7 Å². The molecule has 1 aliphatic rings. The fourth-order valence-corrected chi connectivity index (χ4v) is 1.77. The molecule has 1 heterocycles. The maximum Gasteiger partial charge on any atom is 0.407 e. The molecule has 1 aromatic heterocycles. The molecule has 1 saturated carbocycles. The summed E-state index contributed by atoms with van der Waals surface area (Å²) in [6.07, 6.45) is 1.96. The molecule has 1 aromatic rings. The van der Waals surface area contributed by atoms with Gasteiger partial charge in [-0.05, 0) is 18.9 Å². The number of rotatable bonds is 3. The van der Waals surface area contributed by atoms with Crippen molar-refractivity contribution >= 4 is 6.09 Å². The summed E-state index contributed by atoms with van der Waals surface area (Å²) >= 11 is 0. The molecule has 0 atom stereocenters. The normalized spacial score (nSPS) is 16.2. The molecule has 17 heavy (non-hydrogen) atoms. The van der Waals surface area contributed by atoms with Gasteiger partial charge in [0.1, 0.15) is 5.82 Å². The monoisotopic (exact) mass is 240 g/mol. The smallest absolute Gasteiger partial charge is 0.407 e. The second-order valence-corrected chi connectivity index (χ2v) is 3.91. The molecular formula is C11H13FN2O3. The number of halogens is 1. The first-order chi connectivity index (χ1) is 8.11. The van der Waals surface area contributed by atoms with Crippen LogP contribution in [0.2, 0.25) is 0 Å². The van der Waals surface area contributed by atoms with E-state index < -0.39 is 17.4 Å². The number of hydrogen-bond donors (Lipinski definition) is 1. The Balaban J connectivity index is 2.32. The zero-order valence-corrected chi connectivity index (χ0v) is 9.62. The van der Waals surface area contributed by atoms with Gasteiger partial charge in [-0.15, -0.1) is 0 Å². The highest BCUT2D eigenvalue weighted by atomic mass is 19.1. The molecule has 0 aliphatic heterocycles. The van der Waals surface area contributed by atoms with Crippen LogP contribution in [0.15, 0.2) is 12.3 Å². The number of carbonyl (C=O) groups is 1. The van der Waals surface area contributed by atoms with Gasteiger partial charge in [-0.1, -0.05) is 0 Å². The summed E-state index contributed by atoms with van der Waals surface area (Å²) in [6, 6.07) is 1.33. The Morgan fingerprint density at radius 2 is 2.24 bits per heavy atom. The minimum atomic E-state index is -0.604. The lowest BCUT2D eigenvalue weighted by Crippen LogP contribution is -2.35. The van der Waals surface area contributed by atoms with Crippen LogP contribution in [-0.4, -0.2) is 25.3 Å². The van der Waals surface area contributed by atoms with Crippen molar-refractivity contribution in [1.82, 2.24) is 10.3 Å². The third-order valence-electron chi connectivity index (χ3n) is 2.80. The highest BCUT2D eigenvalue weighted by Gasteiger charge is 2.48. The van der Waals surface area contributed by atoms with Crippen LogP contribution in [0.1, 0.15) is 18.4 Å². The van der Waals surface area contributed by atoms with Gasteiger partial charge in [0, 0.05) is 5.56 Å². The van der Waals surface area contributed by atoms with Crippen LogP contribution in [0.25, 0.3) is 0 Å². The molecule has 1 aliphatic carbocycles. The zero-order valence-electron chi connectivity index (χ0n) is 9.62. The lowest BCUT2D eigenvalue weighted by atomic mass is 10.1. The quantitative estimate of drug-likeness (QED) is 0.871. The molecule has 5 nitrogen and oxygen atoms in total. The molecule has 0 unspecified atom stereocenters. The molecule has 0 aromatic carbocycles. The second kappa shape index (κ2) is 4.20. The minimum Gasteiger partial charge on any atom is -0.481 e. The van der Waals surface area contributed by atoms with E-state index in [0.29, 0.717) is 24.3 Å². The van der Waals surface area contributed by atoms with Crippen LogP contribution < -0.4 is 10.1 Å². The number of alkyl carbamates (subject to hydrolysis) is 1. The van der Waals surface area contributed by atoms with E-state index in [2.05, 4.69) is 15.0 Å². The summed E-state index contributed by atoms with van der Waals surface area (Å²) in [5, 5.41) is 2.69. The number of aromatic nitrogens is 1. The van der Waals surface area contributed by atoms with Gasteiger partial charge >= 0.3 is 6.09 Å². The van der Waals surface area contributed by atoms with Crippen LogP contribution in [0, 0.1) is 5.82 Å². The average molecular weight is 240 g/mol. The second-order valence-electron chi connectivity index (χ2n) is 3.91. The Morgan fingerprint density at radius 3 is 2.76 bits per heavy atom. The summed E-state index contributed by atoms with van der Waals surface area (Å²) in [4.78, 5) is 15.1. The fourth-order valence-electron chi connectivity index (χ4n) is 1.77. The van der Waals surface area contributed by atoms with E-state index in [4.69, 9.17) is 4.74 Å². The maximum absolute atomic E-state index is 13.2. The third-order valence-corrected chi connectivity index (χ3v) is 2.80. The van der Waals surface area contributed by atoms with Gasteiger partial charge in [0.15, 0.2) is 0 Å². The predicted octanol–water partition coefficient (Wildman–Crippen LogP) is 1.57. The molecule has 1 N–H and O–H groups in total. The SMILES string of the molecule is COC(=O)NC1(c2cc(F)cnc2OC)CC1. The molecule has 6 heteroatoms. The molecule has 0 bridgehead atoms. The van der Waals surface area contributed by atoms with Crippen molar-refractivity contribution in [3.05, 3.63) is 23.6 Å². The van der Waals surface area contributed by atoms with Gasteiger partial charge in [-0.2, -0.15) is 0 Å². The lowest BCUT2D eigenvalue weighted by Gasteiger charge is -2.18. The van der Waals surface area contributed by atoms with Crippen molar-refractivity contribution in [2.24, 2.45) is 0 Å². The van der Waals surface area contributed by atoms with E-state index in [9.17, 15) is 9.18 Å². The van der Waals surface area contributed by atoms with Crippen molar-refractivity contribution in [2.75, 3.05) is 14.2 Å². The van der Waals surface area contributed by atoms with Gasteiger partial charge in [-0.25, -0.2) is 14.2 Å². The number of amides is 1. The number of nitrogens with zero attached hydrogens (tertiary/aromatic N) is 1. The number of ether oxygens (including phenoxy) is 2. The van der Waals surface area contributed by atoms with Crippen LogP contribution in [0.3, 0.4) is 0 Å². The molecule has 1 amide bonds. The molecule has 2 rings (SSSR count). The summed E-state index contributed by atoms with van der Waals surface area (Å²) < 4.78 is 22.8. The number of pyridine rings is 1. The first-order valence-corrected chi connectivity index (χ1v) is 5.17. The van der Waals surface area contributed by atoms with E-state index in [1.807, 2.05) is 0 Å².